The molecule has 9 nitrogen and oxygen atoms in total. The van der Waals surface area contributed by atoms with Crippen LogP contribution in [0.25, 0.3) is 0 Å². The number of aliphatic hydroxyl groups excluding tert-OH is 4. The predicted octanol–water partition coefficient (Wildman–Crippen LogP) is -2.71. The number of ether oxygens (including phenoxy) is 2. The molecule has 0 aromatic heterocycles. The van der Waals surface area contributed by atoms with Gasteiger partial charge in [-0.2, -0.15) is 4.21 Å². The van der Waals surface area contributed by atoms with Crippen LogP contribution in [0.15, 0.2) is 0 Å². The quantitative estimate of drug-likeness (QED) is 0.375. The first-order valence-corrected chi connectivity index (χ1v) is 7.21. The summed E-state index contributed by atoms with van der Waals surface area (Å²) < 4.78 is 31.2. The van der Waals surface area contributed by atoms with Crippen LogP contribution < -0.4 is 0 Å². The van der Waals surface area contributed by atoms with Gasteiger partial charge in [0.1, 0.15) is 30.5 Å². The molecular formula is C11H21O9S. The first kappa shape index (κ1) is 18.9. The van der Waals surface area contributed by atoms with Crippen molar-refractivity contribution in [3.8, 4) is 0 Å². The molecule has 1 rings (SSSR count). The van der Waals surface area contributed by atoms with Crippen molar-refractivity contribution in [3.05, 3.63) is 6.42 Å². The lowest BCUT2D eigenvalue weighted by molar-refractivity contribution is -0.147. The van der Waals surface area contributed by atoms with Crippen LogP contribution in [0.2, 0.25) is 0 Å². The number of aliphatic hydroxyl groups is 4. The molecule has 1 fully saturated rings. The van der Waals surface area contributed by atoms with Crippen LogP contribution in [-0.4, -0.2) is 88.7 Å². The minimum Gasteiger partial charge on any atom is -0.390 e. The van der Waals surface area contributed by atoms with Crippen molar-refractivity contribution in [2.75, 3.05) is 27.4 Å². The molecule has 0 amide bonds. The van der Waals surface area contributed by atoms with Crippen LogP contribution in [0, 0.1) is 6.42 Å². The first-order valence-electron chi connectivity index (χ1n) is 6.21. The van der Waals surface area contributed by atoms with Crippen LogP contribution in [-0.2, 0) is 29.2 Å². The lowest BCUT2D eigenvalue weighted by Gasteiger charge is -2.36. The van der Waals surface area contributed by atoms with Crippen molar-refractivity contribution in [3.63, 3.8) is 0 Å². The second-order valence-corrected chi connectivity index (χ2v) is 5.35. The molecule has 0 saturated heterocycles. The molecule has 0 aliphatic heterocycles. The lowest BCUT2D eigenvalue weighted by atomic mass is 9.87. The van der Waals surface area contributed by atoms with Gasteiger partial charge in [0.05, 0.1) is 19.3 Å². The predicted molar refractivity (Wildman–Crippen MR) is 70.0 cm³/mol. The van der Waals surface area contributed by atoms with Gasteiger partial charge in [-0.25, -0.2) is 0 Å². The lowest BCUT2D eigenvalue weighted by Crippen LogP contribution is -2.57. The highest BCUT2D eigenvalue weighted by atomic mass is 32.2. The Labute approximate surface area is 125 Å². The molecule has 7 unspecified atom stereocenters. The van der Waals surface area contributed by atoms with Crippen molar-refractivity contribution in [2.45, 2.75) is 36.6 Å². The van der Waals surface area contributed by atoms with Crippen LogP contribution in [0.3, 0.4) is 0 Å². The maximum Gasteiger partial charge on any atom is 0.305 e. The summed E-state index contributed by atoms with van der Waals surface area (Å²) in [5, 5.41) is 38.0. The molecule has 1 aliphatic carbocycles. The van der Waals surface area contributed by atoms with E-state index in [9.17, 15) is 24.6 Å². The highest BCUT2D eigenvalue weighted by Crippen LogP contribution is 2.23. The Bertz CT molecular complexity index is 329. The summed E-state index contributed by atoms with van der Waals surface area (Å²) in [7, 11) is 2.91. The number of hydrogen-bond donors (Lipinski definition) is 4. The van der Waals surface area contributed by atoms with Crippen LogP contribution >= 0.6 is 0 Å². The van der Waals surface area contributed by atoms with Crippen molar-refractivity contribution >= 4 is 11.4 Å². The van der Waals surface area contributed by atoms with Gasteiger partial charge in [-0.15, -0.1) is 0 Å². The molecule has 0 aromatic rings. The summed E-state index contributed by atoms with van der Waals surface area (Å²) in [6.07, 6.45) is -6.75. The zero-order chi connectivity index (χ0) is 16.0. The minimum atomic E-state index is -2.24. The monoisotopic (exact) mass is 329 g/mol. The average molecular weight is 329 g/mol. The SMILES string of the molecule is COCC(COS(=O)OC1[CH]C(O)C(O)C(O)C1O)OC. The number of hydrogen-bond acceptors (Lipinski definition) is 9. The molecule has 1 saturated carbocycles. The van der Waals surface area contributed by atoms with Gasteiger partial charge in [-0.1, -0.05) is 0 Å². The third kappa shape index (κ3) is 5.51. The second-order valence-electron chi connectivity index (χ2n) is 4.52. The van der Waals surface area contributed by atoms with Gasteiger partial charge in [0, 0.05) is 20.6 Å². The Morgan fingerprint density at radius 1 is 1.10 bits per heavy atom. The van der Waals surface area contributed by atoms with Crippen molar-refractivity contribution in [2.24, 2.45) is 0 Å². The molecule has 21 heavy (non-hydrogen) atoms. The van der Waals surface area contributed by atoms with Crippen LogP contribution in [0.1, 0.15) is 0 Å². The van der Waals surface area contributed by atoms with E-state index in [-0.39, 0.29) is 13.2 Å². The Morgan fingerprint density at radius 3 is 2.33 bits per heavy atom. The zero-order valence-electron chi connectivity index (χ0n) is 11.7. The molecule has 0 bridgehead atoms. The largest absolute Gasteiger partial charge is 0.390 e. The Morgan fingerprint density at radius 2 is 1.76 bits per heavy atom. The standard InChI is InChI=1S/C11H21O9S/c1-17-4-6(18-2)5-19-21(16)20-8-3-7(12)9(13)11(15)10(8)14/h3,6-15H,4-5H2,1-2H3. The highest BCUT2D eigenvalue weighted by molar-refractivity contribution is 7.75. The number of rotatable bonds is 8. The van der Waals surface area contributed by atoms with Gasteiger partial charge in [0.25, 0.3) is 0 Å². The van der Waals surface area contributed by atoms with Gasteiger partial charge >= 0.3 is 11.4 Å². The summed E-state index contributed by atoms with van der Waals surface area (Å²) in [4.78, 5) is 0. The fourth-order valence-electron chi connectivity index (χ4n) is 1.73. The summed E-state index contributed by atoms with van der Waals surface area (Å²) in [5.41, 5.74) is 0. The van der Waals surface area contributed by atoms with Crippen molar-refractivity contribution < 1.29 is 42.5 Å². The molecule has 0 spiro atoms. The first-order chi connectivity index (χ1) is 9.90. The van der Waals surface area contributed by atoms with Gasteiger partial charge in [-0.05, 0) is 0 Å². The molecule has 7 atom stereocenters. The maximum atomic E-state index is 11.6. The molecule has 1 aliphatic rings. The molecule has 10 heteroatoms. The molecule has 1 radical (unpaired) electrons. The second kappa shape index (κ2) is 9.08. The fourth-order valence-corrected chi connectivity index (χ4v) is 2.41. The smallest absolute Gasteiger partial charge is 0.305 e. The summed E-state index contributed by atoms with van der Waals surface area (Å²) in [6.45, 7) is 0.156. The van der Waals surface area contributed by atoms with Crippen LogP contribution in [0.4, 0.5) is 0 Å². The highest BCUT2D eigenvalue weighted by Gasteiger charge is 2.44. The van der Waals surface area contributed by atoms with E-state index in [2.05, 4.69) is 0 Å². The summed E-state index contributed by atoms with van der Waals surface area (Å²) in [6, 6.07) is 0. The van der Waals surface area contributed by atoms with E-state index in [4.69, 9.17) is 17.8 Å². The van der Waals surface area contributed by atoms with E-state index < -0.39 is 48.0 Å². The Hall–Kier alpha value is -0.170. The van der Waals surface area contributed by atoms with E-state index >= 15 is 0 Å². The van der Waals surface area contributed by atoms with Crippen LogP contribution in [0.5, 0.6) is 0 Å². The van der Waals surface area contributed by atoms with E-state index in [1.807, 2.05) is 0 Å². The molecule has 125 valence electrons. The minimum absolute atomic E-state index is 0.0759. The van der Waals surface area contributed by atoms with Crippen molar-refractivity contribution in [1.82, 2.24) is 0 Å². The zero-order valence-corrected chi connectivity index (χ0v) is 12.5. The van der Waals surface area contributed by atoms with E-state index in [1.54, 1.807) is 0 Å². The summed E-state index contributed by atoms with van der Waals surface area (Å²) in [5.74, 6) is 0. The molecule has 0 aromatic carbocycles. The van der Waals surface area contributed by atoms with E-state index in [0.29, 0.717) is 0 Å². The topological polar surface area (TPSA) is 135 Å². The van der Waals surface area contributed by atoms with Crippen molar-refractivity contribution in [1.29, 1.82) is 0 Å². The van der Waals surface area contributed by atoms with Gasteiger partial charge in [0.2, 0.25) is 0 Å². The van der Waals surface area contributed by atoms with Gasteiger partial charge in [-0.3, -0.25) is 8.37 Å². The third-order valence-corrected chi connectivity index (χ3v) is 3.71. The van der Waals surface area contributed by atoms with Gasteiger partial charge < -0.3 is 29.9 Å². The van der Waals surface area contributed by atoms with E-state index in [0.717, 1.165) is 6.42 Å². The molecule has 4 N–H and O–H groups in total. The Balaban J connectivity index is 2.43. The van der Waals surface area contributed by atoms with E-state index in [1.165, 1.54) is 14.2 Å². The molecule has 0 heterocycles. The fraction of sp³-hybridized carbons (Fsp3) is 0.909. The maximum absolute atomic E-state index is 11.6. The van der Waals surface area contributed by atoms with Gasteiger partial charge in [0.15, 0.2) is 0 Å². The number of methoxy groups -OCH3 is 2. The Kier molecular flexibility index (Phi) is 8.16. The average Bonchev–Trinajstić information content (AvgIpc) is 2.46. The summed E-state index contributed by atoms with van der Waals surface area (Å²) >= 11 is -2.24. The normalized spacial score (nSPS) is 36.4. The molecular weight excluding hydrogens is 308 g/mol. The third-order valence-electron chi connectivity index (χ3n) is 3.00.